The van der Waals surface area contributed by atoms with Crippen LogP contribution in [0.5, 0.6) is 5.75 Å². The Morgan fingerprint density at radius 1 is 1.27 bits per heavy atom. The molecule has 0 fully saturated rings. The molecule has 0 heterocycles. The number of phenols is 1. The maximum Gasteiger partial charge on any atom is 0.314 e. The molecule has 6 heteroatoms. The number of nitrogens with zero attached hydrogens (tertiary/aromatic N) is 1. The first-order chi connectivity index (χ1) is 12.4. The normalized spacial score (nSPS) is 15.2. The number of carbonyl (C=O) groups is 1. The first kappa shape index (κ1) is 20.0. The Hall–Kier alpha value is -2.34. The minimum atomic E-state index is -0.219. The zero-order valence-corrected chi connectivity index (χ0v) is 15.5. The van der Waals surface area contributed by atoms with Crippen molar-refractivity contribution >= 4 is 6.03 Å². The number of rotatable bonds is 8. The van der Waals surface area contributed by atoms with Crippen LogP contribution in [-0.2, 0) is 6.42 Å². The predicted molar refractivity (Wildman–Crippen MR) is 102 cm³/mol. The molecule has 0 saturated heterocycles. The van der Waals surface area contributed by atoms with Crippen LogP contribution >= 0.6 is 0 Å². The molecule has 0 aliphatic heterocycles. The molecule has 26 heavy (non-hydrogen) atoms. The van der Waals surface area contributed by atoms with Gasteiger partial charge in [0.15, 0.2) is 0 Å². The van der Waals surface area contributed by atoms with Crippen LogP contribution in [0.3, 0.4) is 0 Å². The highest BCUT2D eigenvalue weighted by molar-refractivity contribution is 5.73. The molecule has 3 N–H and O–H groups in total. The van der Waals surface area contributed by atoms with Crippen LogP contribution in [0.2, 0.25) is 0 Å². The molecular weight excluding hydrogens is 333 g/mol. The van der Waals surface area contributed by atoms with Gasteiger partial charge in [0, 0.05) is 25.6 Å². The van der Waals surface area contributed by atoms with E-state index in [0.717, 1.165) is 24.0 Å². The van der Waals surface area contributed by atoms with E-state index in [1.807, 2.05) is 32.3 Å². The van der Waals surface area contributed by atoms with Gasteiger partial charge in [-0.15, -0.1) is 0 Å². The number of hydrogen-bond acceptors (Lipinski definition) is 3. The van der Waals surface area contributed by atoms with E-state index in [9.17, 15) is 14.3 Å². The second kappa shape index (κ2) is 9.97. The maximum atomic E-state index is 13.2. The lowest BCUT2D eigenvalue weighted by atomic mass is 10.0. The number of carbonyl (C=O) groups excluding carboxylic acids is 1. The van der Waals surface area contributed by atoms with E-state index in [1.165, 1.54) is 0 Å². The molecule has 1 atom stereocenters. The highest BCUT2D eigenvalue weighted by Crippen LogP contribution is 2.19. The van der Waals surface area contributed by atoms with Crippen LogP contribution in [-0.4, -0.2) is 49.3 Å². The zero-order chi connectivity index (χ0) is 18.9. The molecule has 0 aromatic heterocycles. The van der Waals surface area contributed by atoms with Gasteiger partial charge < -0.3 is 20.6 Å². The number of likely N-dealkylation sites (N-methyl/N-ethyl adjacent to an activating group) is 1. The fraction of sp³-hybridized carbons (Fsp3) is 0.450. The van der Waals surface area contributed by atoms with Crippen molar-refractivity contribution in [3.63, 3.8) is 0 Å². The number of allylic oxidation sites excluding steroid dienone is 3. The maximum absolute atomic E-state index is 13.2. The third kappa shape index (κ3) is 6.88. The summed E-state index contributed by atoms with van der Waals surface area (Å²) in [7, 11) is 3.95. The smallest absolute Gasteiger partial charge is 0.314 e. The van der Waals surface area contributed by atoms with Gasteiger partial charge in [-0.1, -0.05) is 18.2 Å². The highest BCUT2D eigenvalue weighted by atomic mass is 19.1. The second-order valence-corrected chi connectivity index (χ2v) is 6.78. The van der Waals surface area contributed by atoms with Gasteiger partial charge in [-0.2, -0.15) is 0 Å². The number of benzene rings is 1. The average Bonchev–Trinajstić information content (AvgIpc) is 2.60. The number of urea groups is 1. The number of hydrogen-bond donors (Lipinski definition) is 3. The summed E-state index contributed by atoms with van der Waals surface area (Å²) >= 11 is 0. The number of halogens is 1. The van der Waals surface area contributed by atoms with Gasteiger partial charge in [-0.3, -0.25) is 0 Å². The van der Waals surface area contributed by atoms with Gasteiger partial charge in [0.1, 0.15) is 11.6 Å². The monoisotopic (exact) mass is 361 g/mol. The number of amides is 2. The Balaban J connectivity index is 1.73. The van der Waals surface area contributed by atoms with Crippen molar-refractivity contribution in [2.45, 2.75) is 31.7 Å². The fourth-order valence-electron chi connectivity index (χ4n) is 2.84. The van der Waals surface area contributed by atoms with Crippen molar-refractivity contribution in [2.75, 3.05) is 27.2 Å². The molecule has 0 radical (unpaired) electrons. The van der Waals surface area contributed by atoms with E-state index in [1.54, 1.807) is 18.2 Å². The van der Waals surface area contributed by atoms with Crippen LogP contribution in [0, 0.1) is 0 Å². The summed E-state index contributed by atoms with van der Waals surface area (Å²) in [6.07, 6.45) is 6.18. The average molecular weight is 361 g/mol. The molecule has 1 aromatic carbocycles. The predicted octanol–water partition coefficient (Wildman–Crippen LogP) is 3.13. The first-order valence-corrected chi connectivity index (χ1v) is 8.95. The van der Waals surface area contributed by atoms with E-state index in [2.05, 4.69) is 15.5 Å². The summed E-state index contributed by atoms with van der Waals surface area (Å²) in [6.45, 7) is 0.989. The minimum absolute atomic E-state index is 0.0880. The van der Waals surface area contributed by atoms with Crippen molar-refractivity contribution < 1.29 is 14.3 Å². The number of aromatic hydroxyl groups is 1. The van der Waals surface area contributed by atoms with Crippen LogP contribution < -0.4 is 10.6 Å². The summed E-state index contributed by atoms with van der Waals surface area (Å²) in [4.78, 5) is 14.1. The Kier molecular flexibility index (Phi) is 7.66. The Bertz CT molecular complexity index is 654. The standard InChI is InChI=1S/C20H28FN3O2/c1-24(2)18(13-16-6-8-19(25)9-7-16)14-23-20(26)22-11-10-15-4-3-5-17(21)12-15/h4,6-9,12,18,25H,3,5,10-11,13-14H2,1-2H3,(H2,22,23,26). The van der Waals surface area contributed by atoms with Crippen molar-refractivity contribution in [1.82, 2.24) is 15.5 Å². The van der Waals surface area contributed by atoms with Crippen molar-refractivity contribution in [1.29, 1.82) is 0 Å². The van der Waals surface area contributed by atoms with Gasteiger partial charge in [-0.25, -0.2) is 9.18 Å². The van der Waals surface area contributed by atoms with Gasteiger partial charge in [-0.05, 0) is 62.7 Å². The summed E-state index contributed by atoms with van der Waals surface area (Å²) in [5.41, 5.74) is 2.04. The largest absolute Gasteiger partial charge is 0.508 e. The van der Waals surface area contributed by atoms with Crippen LogP contribution in [0.1, 0.15) is 24.8 Å². The van der Waals surface area contributed by atoms with Gasteiger partial charge in [0.05, 0.1) is 0 Å². The molecule has 1 aliphatic rings. The van der Waals surface area contributed by atoms with Gasteiger partial charge in [0.2, 0.25) is 0 Å². The molecular formula is C20H28FN3O2. The molecule has 1 unspecified atom stereocenters. The molecule has 2 rings (SSSR count). The number of phenolic OH excluding ortho intramolecular Hbond substituents is 1. The third-order valence-corrected chi connectivity index (χ3v) is 4.47. The lowest BCUT2D eigenvalue weighted by molar-refractivity contribution is 0.232. The molecule has 1 aliphatic carbocycles. The number of nitrogens with one attached hydrogen (secondary N) is 2. The molecule has 1 aromatic rings. The van der Waals surface area contributed by atoms with Crippen LogP contribution in [0.15, 0.2) is 47.8 Å². The highest BCUT2D eigenvalue weighted by Gasteiger charge is 2.14. The lowest BCUT2D eigenvalue weighted by Crippen LogP contribution is -2.45. The molecule has 0 spiro atoms. The first-order valence-electron chi connectivity index (χ1n) is 8.95. The van der Waals surface area contributed by atoms with Crippen molar-refractivity contribution in [3.8, 4) is 5.75 Å². The molecule has 5 nitrogen and oxygen atoms in total. The zero-order valence-electron chi connectivity index (χ0n) is 15.5. The fourth-order valence-corrected chi connectivity index (χ4v) is 2.84. The lowest BCUT2D eigenvalue weighted by Gasteiger charge is -2.25. The SMILES string of the molecule is CN(C)C(CNC(=O)NCCC1=CCCC(F)=C1)Cc1ccc(O)cc1. The topological polar surface area (TPSA) is 64.6 Å². The third-order valence-electron chi connectivity index (χ3n) is 4.47. The molecule has 2 amide bonds. The Morgan fingerprint density at radius 3 is 2.65 bits per heavy atom. The van der Waals surface area contributed by atoms with Crippen molar-refractivity contribution in [2.24, 2.45) is 0 Å². The van der Waals surface area contributed by atoms with E-state index in [4.69, 9.17) is 0 Å². The van der Waals surface area contributed by atoms with Gasteiger partial charge >= 0.3 is 6.03 Å². The van der Waals surface area contributed by atoms with E-state index in [0.29, 0.717) is 25.9 Å². The molecule has 0 bridgehead atoms. The second-order valence-electron chi connectivity index (χ2n) is 6.78. The molecule has 0 saturated carbocycles. The quantitative estimate of drug-likeness (QED) is 0.667. The summed E-state index contributed by atoms with van der Waals surface area (Å²) in [5.74, 6) is 0.158. The van der Waals surface area contributed by atoms with E-state index >= 15 is 0 Å². The molecule has 142 valence electrons. The summed E-state index contributed by atoms with van der Waals surface area (Å²) in [5, 5.41) is 15.1. The summed E-state index contributed by atoms with van der Waals surface area (Å²) in [6, 6.07) is 7.03. The summed E-state index contributed by atoms with van der Waals surface area (Å²) < 4.78 is 13.2. The minimum Gasteiger partial charge on any atom is -0.508 e. The van der Waals surface area contributed by atoms with E-state index < -0.39 is 0 Å². The van der Waals surface area contributed by atoms with Crippen molar-refractivity contribution in [3.05, 3.63) is 53.4 Å². The van der Waals surface area contributed by atoms with E-state index in [-0.39, 0.29) is 23.6 Å². The van der Waals surface area contributed by atoms with Crippen LogP contribution in [0.4, 0.5) is 9.18 Å². The Morgan fingerprint density at radius 2 is 2.00 bits per heavy atom. The van der Waals surface area contributed by atoms with Crippen LogP contribution in [0.25, 0.3) is 0 Å². The Labute approximate surface area is 154 Å². The van der Waals surface area contributed by atoms with Gasteiger partial charge in [0.25, 0.3) is 0 Å².